The molecule has 0 unspecified atom stereocenters. The molecule has 0 spiro atoms. The molecule has 0 radical (unpaired) electrons. The fraction of sp³-hybridized carbons (Fsp3) is 0.316. The van der Waals surface area contributed by atoms with Crippen molar-refractivity contribution < 1.29 is 18.1 Å². The Labute approximate surface area is 168 Å². The summed E-state index contributed by atoms with van der Waals surface area (Å²) in [6.07, 6.45) is 2.64. The number of nitrogens with one attached hydrogen (secondary N) is 2. The maximum absolute atomic E-state index is 13.0. The number of aryl methyl sites for hydroxylation is 1. The molecule has 29 heavy (non-hydrogen) atoms. The normalized spacial score (nSPS) is 14.9. The quantitative estimate of drug-likeness (QED) is 0.549. The van der Waals surface area contributed by atoms with Crippen LogP contribution in [0.5, 0.6) is 0 Å². The zero-order valence-electron chi connectivity index (χ0n) is 15.9. The van der Waals surface area contributed by atoms with Crippen LogP contribution in [0.4, 0.5) is 11.4 Å². The number of hydrogen-bond donors (Lipinski definition) is 2. The second-order valence-electron chi connectivity index (χ2n) is 6.80. The van der Waals surface area contributed by atoms with Crippen molar-refractivity contribution in [3.8, 4) is 0 Å². The Morgan fingerprint density at radius 1 is 1.10 bits per heavy atom. The Hall–Kier alpha value is -2.98. The number of hydrogen-bond acceptors (Lipinski definition) is 6. The fourth-order valence-corrected chi connectivity index (χ4v) is 4.97. The third-order valence-corrected chi connectivity index (χ3v) is 6.84. The smallest absolute Gasteiger partial charge is 0.292 e. The number of hydrazine groups is 1. The fourth-order valence-electron chi connectivity index (χ4n) is 3.20. The van der Waals surface area contributed by atoms with Gasteiger partial charge in [0.05, 0.1) is 9.82 Å². The van der Waals surface area contributed by atoms with Crippen LogP contribution in [0.3, 0.4) is 0 Å². The molecule has 0 aliphatic carbocycles. The van der Waals surface area contributed by atoms with Crippen molar-refractivity contribution in [2.24, 2.45) is 0 Å². The minimum atomic E-state index is -3.69. The highest BCUT2D eigenvalue weighted by atomic mass is 32.2. The van der Waals surface area contributed by atoms with Crippen LogP contribution in [-0.2, 0) is 10.0 Å². The lowest BCUT2D eigenvalue weighted by molar-refractivity contribution is -0.384. The van der Waals surface area contributed by atoms with Gasteiger partial charge in [0.15, 0.2) is 0 Å². The topological polar surface area (TPSA) is 122 Å². The molecule has 154 valence electrons. The molecule has 9 nitrogen and oxygen atoms in total. The number of piperidine rings is 1. The molecule has 2 aromatic rings. The van der Waals surface area contributed by atoms with E-state index in [9.17, 15) is 23.3 Å². The standard InChI is InChI=1S/C19H22N4O5S/c1-14-9-10-15(13-18(14)29(27,28)22-11-5-2-6-12-22)19(24)21-20-16-7-3-4-8-17(16)23(25)26/h3-4,7-10,13,20H,2,5-6,11-12H2,1H3,(H,21,24). The summed E-state index contributed by atoms with van der Waals surface area (Å²) < 4.78 is 27.4. The first-order valence-electron chi connectivity index (χ1n) is 9.21. The van der Waals surface area contributed by atoms with Gasteiger partial charge < -0.3 is 0 Å². The molecule has 0 atom stereocenters. The minimum Gasteiger partial charge on any atom is -0.292 e. The van der Waals surface area contributed by atoms with E-state index in [1.807, 2.05) is 0 Å². The maximum atomic E-state index is 13.0. The average molecular weight is 418 g/mol. The SMILES string of the molecule is Cc1ccc(C(=O)NNc2ccccc2[N+](=O)[O-])cc1S(=O)(=O)N1CCCCC1. The summed E-state index contributed by atoms with van der Waals surface area (Å²) in [5, 5.41) is 11.1. The lowest BCUT2D eigenvalue weighted by Gasteiger charge is -2.26. The number of nitrogens with zero attached hydrogens (tertiary/aromatic N) is 2. The van der Waals surface area contributed by atoms with Crippen molar-refractivity contribution in [2.45, 2.75) is 31.1 Å². The number of nitro benzene ring substituents is 1. The Kier molecular flexibility index (Phi) is 6.14. The summed E-state index contributed by atoms with van der Waals surface area (Å²) in [5.74, 6) is -0.599. The van der Waals surface area contributed by atoms with Crippen molar-refractivity contribution >= 4 is 27.3 Å². The molecular weight excluding hydrogens is 396 g/mol. The van der Waals surface area contributed by atoms with Crippen molar-refractivity contribution in [3.63, 3.8) is 0 Å². The van der Waals surface area contributed by atoms with E-state index in [-0.39, 0.29) is 21.8 Å². The summed E-state index contributed by atoms with van der Waals surface area (Å²) in [4.78, 5) is 23.1. The van der Waals surface area contributed by atoms with Crippen molar-refractivity contribution in [1.82, 2.24) is 9.73 Å². The second-order valence-corrected chi connectivity index (χ2v) is 8.70. The third-order valence-electron chi connectivity index (χ3n) is 4.79. The van der Waals surface area contributed by atoms with E-state index in [2.05, 4.69) is 10.9 Å². The van der Waals surface area contributed by atoms with Gasteiger partial charge in [-0.15, -0.1) is 0 Å². The van der Waals surface area contributed by atoms with Crippen LogP contribution in [0.25, 0.3) is 0 Å². The highest BCUT2D eigenvalue weighted by Crippen LogP contribution is 2.25. The number of carbonyl (C=O) groups excluding carboxylic acids is 1. The number of amides is 1. The predicted octanol–water partition coefficient (Wildman–Crippen LogP) is 2.83. The van der Waals surface area contributed by atoms with Gasteiger partial charge >= 0.3 is 0 Å². The summed E-state index contributed by atoms with van der Waals surface area (Å²) in [6, 6.07) is 10.3. The summed E-state index contributed by atoms with van der Waals surface area (Å²) >= 11 is 0. The van der Waals surface area contributed by atoms with Gasteiger partial charge in [0.2, 0.25) is 10.0 Å². The molecule has 10 heteroatoms. The molecule has 1 aliphatic heterocycles. The Morgan fingerprint density at radius 3 is 2.48 bits per heavy atom. The molecular formula is C19H22N4O5S. The van der Waals surface area contributed by atoms with Crippen LogP contribution in [0.1, 0.15) is 35.2 Å². The number of para-hydroxylation sites is 2. The Morgan fingerprint density at radius 2 is 1.79 bits per heavy atom. The minimum absolute atomic E-state index is 0.0951. The molecule has 3 rings (SSSR count). The first-order valence-corrected chi connectivity index (χ1v) is 10.7. The Balaban J connectivity index is 1.80. The monoisotopic (exact) mass is 418 g/mol. The van der Waals surface area contributed by atoms with Crippen LogP contribution in [0.15, 0.2) is 47.4 Å². The van der Waals surface area contributed by atoms with Crippen LogP contribution >= 0.6 is 0 Å². The molecule has 1 fully saturated rings. The van der Waals surface area contributed by atoms with Crippen molar-refractivity contribution in [1.29, 1.82) is 0 Å². The van der Waals surface area contributed by atoms with Crippen LogP contribution in [0, 0.1) is 17.0 Å². The lowest BCUT2D eigenvalue weighted by atomic mass is 10.1. The first-order chi connectivity index (χ1) is 13.8. The van der Waals surface area contributed by atoms with E-state index in [0.717, 1.165) is 19.3 Å². The summed E-state index contributed by atoms with van der Waals surface area (Å²) in [6.45, 7) is 2.62. The molecule has 0 aromatic heterocycles. The van der Waals surface area contributed by atoms with Crippen LogP contribution in [-0.4, -0.2) is 36.6 Å². The number of benzene rings is 2. The van der Waals surface area contributed by atoms with Gasteiger partial charge in [0.1, 0.15) is 5.69 Å². The van der Waals surface area contributed by atoms with Crippen LogP contribution < -0.4 is 10.9 Å². The Bertz CT molecular complexity index is 1030. The largest absolute Gasteiger partial charge is 0.294 e. The predicted molar refractivity (Wildman–Crippen MR) is 108 cm³/mol. The number of sulfonamides is 1. The number of rotatable bonds is 6. The van der Waals surface area contributed by atoms with Gasteiger partial charge in [-0.05, 0) is 43.5 Å². The van der Waals surface area contributed by atoms with E-state index in [1.54, 1.807) is 19.1 Å². The van der Waals surface area contributed by atoms with E-state index in [1.165, 1.54) is 34.6 Å². The number of anilines is 1. The van der Waals surface area contributed by atoms with E-state index < -0.39 is 20.9 Å². The summed E-state index contributed by atoms with van der Waals surface area (Å²) in [5.41, 5.74) is 5.54. The van der Waals surface area contributed by atoms with E-state index in [0.29, 0.717) is 18.7 Å². The molecule has 1 heterocycles. The van der Waals surface area contributed by atoms with Gasteiger partial charge in [-0.1, -0.05) is 24.6 Å². The van der Waals surface area contributed by atoms with Crippen LogP contribution in [0.2, 0.25) is 0 Å². The lowest BCUT2D eigenvalue weighted by Crippen LogP contribution is -2.36. The van der Waals surface area contributed by atoms with Gasteiger partial charge in [-0.25, -0.2) is 8.42 Å². The second kappa shape index (κ2) is 8.58. The van der Waals surface area contributed by atoms with Crippen molar-refractivity contribution in [2.75, 3.05) is 18.5 Å². The molecule has 0 bridgehead atoms. The average Bonchev–Trinajstić information content (AvgIpc) is 2.73. The molecule has 1 aliphatic rings. The maximum Gasteiger partial charge on any atom is 0.294 e. The van der Waals surface area contributed by atoms with E-state index in [4.69, 9.17) is 0 Å². The number of carbonyl (C=O) groups is 1. The van der Waals surface area contributed by atoms with Gasteiger partial charge in [0, 0.05) is 24.7 Å². The molecule has 1 saturated heterocycles. The van der Waals surface area contributed by atoms with Gasteiger partial charge in [-0.2, -0.15) is 4.31 Å². The molecule has 2 aromatic carbocycles. The number of nitro groups is 1. The van der Waals surface area contributed by atoms with Gasteiger partial charge in [0.25, 0.3) is 11.6 Å². The molecule has 2 N–H and O–H groups in total. The zero-order chi connectivity index (χ0) is 21.0. The third kappa shape index (κ3) is 4.54. The van der Waals surface area contributed by atoms with Crippen molar-refractivity contribution in [3.05, 3.63) is 63.7 Å². The summed E-state index contributed by atoms with van der Waals surface area (Å²) in [7, 11) is -3.69. The van der Waals surface area contributed by atoms with E-state index >= 15 is 0 Å². The highest BCUT2D eigenvalue weighted by Gasteiger charge is 2.28. The zero-order valence-corrected chi connectivity index (χ0v) is 16.7. The molecule has 0 saturated carbocycles. The van der Waals surface area contributed by atoms with Gasteiger partial charge in [-0.3, -0.25) is 25.8 Å². The first kappa shape index (κ1) is 20.7. The molecule has 1 amide bonds. The highest BCUT2D eigenvalue weighted by molar-refractivity contribution is 7.89.